The first-order chi connectivity index (χ1) is 9.13. The molecule has 4 N–H and O–H groups in total. The summed E-state index contributed by atoms with van der Waals surface area (Å²) in [6, 6.07) is 0. The molecular formula is C15H29N3O. The van der Waals surface area contributed by atoms with Gasteiger partial charge >= 0.3 is 0 Å². The van der Waals surface area contributed by atoms with Crippen LogP contribution in [0.15, 0.2) is 0 Å². The average Bonchev–Trinajstić information content (AvgIpc) is 2.71. The molecule has 0 aromatic rings. The van der Waals surface area contributed by atoms with E-state index in [4.69, 9.17) is 11.5 Å². The molecule has 2 aliphatic rings. The van der Waals surface area contributed by atoms with Crippen molar-refractivity contribution < 1.29 is 4.79 Å². The van der Waals surface area contributed by atoms with E-state index in [-0.39, 0.29) is 11.8 Å². The monoisotopic (exact) mass is 267 g/mol. The highest BCUT2D eigenvalue weighted by Gasteiger charge is 2.43. The van der Waals surface area contributed by atoms with Gasteiger partial charge in [-0.25, -0.2) is 0 Å². The molecule has 0 radical (unpaired) electrons. The Morgan fingerprint density at radius 1 is 1.11 bits per heavy atom. The molecule has 2 fully saturated rings. The maximum absolute atomic E-state index is 11.6. The number of hydrogen-bond donors (Lipinski definition) is 2. The molecule has 1 heterocycles. The first kappa shape index (κ1) is 14.8. The van der Waals surface area contributed by atoms with E-state index in [0.29, 0.717) is 0 Å². The minimum atomic E-state index is -0.733. The molecule has 1 saturated carbocycles. The fourth-order valence-corrected chi connectivity index (χ4v) is 3.70. The van der Waals surface area contributed by atoms with Crippen molar-refractivity contribution in [1.29, 1.82) is 0 Å². The number of primary amides is 1. The third-order valence-corrected chi connectivity index (χ3v) is 5.07. The van der Waals surface area contributed by atoms with Gasteiger partial charge in [0.1, 0.15) is 0 Å². The van der Waals surface area contributed by atoms with Crippen LogP contribution < -0.4 is 11.5 Å². The minimum absolute atomic E-state index is 0.287. The predicted octanol–water partition coefficient (Wildman–Crippen LogP) is 1.63. The standard InChI is InChI=1S/C15H29N3O/c16-14(19)15(17)9-6-7-13(15)8-12-18-10-4-2-1-3-5-11-18/h13H,1-12,17H2,(H2,16,19). The fraction of sp³-hybridized carbons (Fsp3) is 0.933. The summed E-state index contributed by atoms with van der Waals surface area (Å²) in [6.45, 7) is 3.50. The second-order valence-electron chi connectivity index (χ2n) is 6.39. The lowest BCUT2D eigenvalue weighted by atomic mass is 9.85. The van der Waals surface area contributed by atoms with Crippen molar-refractivity contribution in [1.82, 2.24) is 4.90 Å². The van der Waals surface area contributed by atoms with Crippen LogP contribution in [0.4, 0.5) is 0 Å². The summed E-state index contributed by atoms with van der Waals surface area (Å²) in [6.07, 6.45) is 10.7. The van der Waals surface area contributed by atoms with Crippen LogP contribution in [0, 0.1) is 5.92 Å². The molecule has 1 saturated heterocycles. The number of amides is 1. The van der Waals surface area contributed by atoms with E-state index in [2.05, 4.69) is 4.90 Å². The minimum Gasteiger partial charge on any atom is -0.368 e. The number of carbonyl (C=O) groups excluding carboxylic acids is 1. The Hall–Kier alpha value is -0.610. The van der Waals surface area contributed by atoms with Crippen molar-refractivity contribution in [2.75, 3.05) is 19.6 Å². The molecule has 0 aromatic heterocycles. The summed E-state index contributed by atoms with van der Waals surface area (Å²) in [5.74, 6) is -0.0156. The van der Waals surface area contributed by atoms with E-state index in [1.54, 1.807) is 0 Å². The van der Waals surface area contributed by atoms with Gasteiger partial charge in [-0.3, -0.25) is 4.79 Å². The highest BCUT2D eigenvalue weighted by molar-refractivity contribution is 5.85. The lowest BCUT2D eigenvalue weighted by Crippen LogP contribution is -2.55. The van der Waals surface area contributed by atoms with Crippen molar-refractivity contribution in [3.05, 3.63) is 0 Å². The summed E-state index contributed by atoms with van der Waals surface area (Å²) in [7, 11) is 0. The quantitative estimate of drug-likeness (QED) is 0.813. The van der Waals surface area contributed by atoms with Crippen LogP contribution in [0.5, 0.6) is 0 Å². The summed E-state index contributed by atoms with van der Waals surface area (Å²) >= 11 is 0. The van der Waals surface area contributed by atoms with Gasteiger partial charge in [0.05, 0.1) is 5.54 Å². The smallest absolute Gasteiger partial charge is 0.237 e. The molecule has 1 aliphatic heterocycles. The molecule has 2 atom stereocenters. The average molecular weight is 267 g/mol. The lowest BCUT2D eigenvalue weighted by Gasteiger charge is -2.31. The van der Waals surface area contributed by atoms with Crippen LogP contribution in [0.25, 0.3) is 0 Å². The molecule has 1 amide bonds. The Morgan fingerprint density at radius 2 is 1.74 bits per heavy atom. The molecule has 1 aliphatic carbocycles. The highest BCUT2D eigenvalue weighted by Crippen LogP contribution is 2.36. The fourth-order valence-electron chi connectivity index (χ4n) is 3.70. The molecule has 110 valence electrons. The van der Waals surface area contributed by atoms with Crippen molar-refractivity contribution in [3.63, 3.8) is 0 Å². The first-order valence-corrected chi connectivity index (χ1v) is 7.94. The maximum atomic E-state index is 11.6. The van der Waals surface area contributed by atoms with Gasteiger partial charge in [-0.1, -0.05) is 25.7 Å². The van der Waals surface area contributed by atoms with Crippen LogP contribution in [0.3, 0.4) is 0 Å². The van der Waals surface area contributed by atoms with Crippen LogP contribution in [-0.4, -0.2) is 36.0 Å². The number of nitrogens with zero attached hydrogens (tertiary/aromatic N) is 1. The van der Waals surface area contributed by atoms with Crippen molar-refractivity contribution >= 4 is 5.91 Å². The Labute approximate surface area is 116 Å². The van der Waals surface area contributed by atoms with E-state index < -0.39 is 5.54 Å². The third kappa shape index (κ3) is 3.69. The summed E-state index contributed by atoms with van der Waals surface area (Å²) in [4.78, 5) is 14.1. The summed E-state index contributed by atoms with van der Waals surface area (Å²) in [5, 5.41) is 0. The van der Waals surface area contributed by atoms with Gasteiger partial charge in [0.2, 0.25) is 5.91 Å². The van der Waals surface area contributed by atoms with Crippen LogP contribution in [0.1, 0.15) is 57.8 Å². The highest BCUT2D eigenvalue weighted by atomic mass is 16.1. The SMILES string of the molecule is NC(=O)C1(N)CCCC1CCN1CCCCCCC1. The zero-order valence-corrected chi connectivity index (χ0v) is 12.1. The van der Waals surface area contributed by atoms with Crippen LogP contribution >= 0.6 is 0 Å². The van der Waals surface area contributed by atoms with Gasteiger partial charge in [0.15, 0.2) is 0 Å². The second-order valence-corrected chi connectivity index (χ2v) is 6.39. The molecule has 2 unspecified atom stereocenters. The molecule has 0 spiro atoms. The van der Waals surface area contributed by atoms with Gasteiger partial charge in [0.25, 0.3) is 0 Å². The summed E-state index contributed by atoms with van der Waals surface area (Å²) < 4.78 is 0. The first-order valence-electron chi connectivity index (χ1n) is 7.94. The zero-order valence-electron chi connectivity index (χ0n) is 12.1. The molecule has 2 rings (SSSR count). The van der Waals surface area contributed by atoms with Gasteiger partial charge in [-0.2, -0.15) is 0 Å². The lowest BCUT2D eigenvalue weighted by molar-refractivity contribution is -0.124. The van der Waals surface area contributed by atoms with E-state index in [1.165, 1.54) is 45.2 Å². The van der Waals surface area contributed by atoms with E-state index >= 15 is 0 Å². The Morgan fingerprint density at radius 3 is 2.37 bits per heavy atom. The van der Waals surface area contributed by atoms with Crippen LogP contribution in [0.2, 0.25) is 0 Å². The Balaban J connectivity index is 1.82. The van der Waals surface area contributed by atoms with Crippen molar-refractivity contribution in [2.45, 2.75) is 63.3 Å². The number of likely N-dealkylation sites (tertiary alicyclic amines) is 1. The van der Waals surface area contributed by atoms with E-state index in [0.717, 1.165) is 32.2 Å². The normalized spacial score (nSPS) is 33.8. The molecule has 0 aromatic carbocycles. The molecule has 19 heavy (non-hydrogen) atoms. The van der Waals surface area contributed by atoms with E-state index in [1.807, 2.05) is 0 Å². The molecule has 4 nitrogen and oxygen atoms in total. The van der Waals surface area contributed by atoms with Crippen molar-refractivity contribution in [3.8, 4) is 0 Å². The van der Waals surface area contributed by atoms with E-state index in [9.17, 15) is 4.79 Å². The topological polar surface area (TPSA) is 72.3 Å². The van der Waals surface area contributed by atoms with Gasteiger partial charge in [0, 0.05) is 0 Å². The van der Waals surface area contributed by atoms with Gasteiger partial charge < -0.3 is 16.4 Å². The number of rotatable bonds is 4. The zero-order chi connectivity index (χ0) is 13.7. The largest absolute Gasteiger partial charge is 0.368 e. The molecule has 4 heteroatoms. The Kier molecular flexibility index (Phi) is 5.22. The molecular weight excluding hydrogens is 238 g/mol. The summed E-state index contributed by atoms with van der Waals surface area (Å²) in [5.41, 5.74) is 11.0. The number of nitrogens with two attached hydrogens (primary N) is 2. The predicted molar refractivity (Wildman–Crippen MR) is 77.6 cm³/mol. The maximum Gasteiger partial charge on any atom is 0.237 e. The second kappa shape index (κ2) is 6.71. The Bertz CT molecular complexity index is 300. The van der Waals surface area contributed by atoms with Crippen LogP contribution in [-0.2, 0) is 4.79 Å². The third-order valence-electron chi connectivity index (χ3n) is 5.07. The van der Waals surface area contributed by atoms with Crippen molar-refractivity contribution in [2.24, 2.45) is 17.4 Å². The molecule has 0 bridgehead atoms. The van der Waals surface area contributed by atoms with Gasteiger partial charge in [-0.05, 0) is 57.7 Å². The number of hydrogen-bond acceptors (Lipinski definition) is 3. The number of carbonyl (C=O) groups is 1. The van der Waals surface area contributed by atoms with Gasteiger partial charge in [-0.15, -0.1) is 0 Å².